The smallest absolute Gasteiger partial charge is 0.255 e. The maximum absolute atomic E-state index is 13.9. The Morgan fingerprint density at radius 3 is 2.52 bits per heavy atom. The van der Waals surface area contributed by atoms with Crippen LogP contribution in [0.15, 0.2) is 36.4 Å². The molecule has 0 saturated carbocycles. The SMILES string of the molecule is CN(C)C(=O)c1ccc(N)cc1Nc1ccc(Cl)cc1F. The second kappa shape index (κ2) is 6.01. The number of nitrogen functional groups attached to an aromatic ring is 1. The Morgan fingerprint density at radius 1 is 1.19 bits per heavy atom. The third kappa shape index (κ3) is 3.44. The molecule has 110 valence electrons. The Labute approximate surface area is 127 Å². The number of anilines is 3. The van der Waals surface area contributed by atoms with Gasteiger partial charge in [0.2, 0.25) is 0 Å². The van der Waals surface area contributed by atoms with Crippen LogP contribution in [0.3, 0.4) is 0 Å². The number of halogens is 2. The molecule has 0 atom stereocenters. The summed E-state index contributed by atoms with van der Waals surface area (Å²) in [6.07, 6.45) is 0. The molecule has 0 fully saturated rings. The number of nitrogens with two attached hydrogens (primary N) is 1. The van der Waals surface area contributed by atoms with Crippen molar-refractivity contribution in [1.29, 1.82) is 0 Å². The maximum atomic E-state index is 13.9. The van der Waals surface area contributed by atoms with Gasteiger partial charge in [-0.15, -0.1) is 0 Å². The van der Waals surface area contributed by atoms with E-state index in [-0.39, 0.29) is 11.6 Å². The lowest BCUT2D eigenvalue weighted by Gasteiger charge is -2.16. The van der Waals surface area contributed by atoms with Gasteiger partial charge in [0.1, 0.15) is 5.82 Å². The van der Waals surface area contributed by atoms with Gasteiger partial charge in [-0.3, -0.25) is 4.79 Å². The van der Waals surface area contributed by atoms with Crippen LogP contribution in [0, 0.1) is 5.82 Å². The first-order chi connectivity index (χ1) is 9.88. The standard InChI is InChI=1S/C15H15ClFN3O/c1-20(2)15(21)11-5-4-10(18)8-14(11)19-13-6-3-9(16)7-12(13)17/h3-8,19H,18H2,1-2H3. The minimum Gasteiger partial charge on any atom is -0.399 e. The predicted molar refractivity (Wildman–Crippen MR) is 83.6 cm³/mol. The molecular weight excluding hydrogens is 293 g/mol. The molecular formula is C15H15ClFN3O. The number of amides is 1. The van der Waals surface area contributed by atoms with Crippen LogP contribution in [-0.4, -0.2) is 24.9 Å². The van der Waals surface area contributed by atoms with Gasteiger partial charge >= 0.3 is 0 Å². The number of hydrogen-bond acceptors (Lipinski definition) is 3. The van der Waals surface area contributed by atoms with E-state index in [4.69, 9.17) is 17.3 Å². The van der Waals surface area contributed by atoms with E-state index in [0.29, 0.717) is 22.0 Å². The molecule has 0 aliphatic carbocycles. The normalized spacial score (nSPS) is 10.3. The first-order valence-corrected chi connectivity index (χ1v) is 6.59. The quantitative estimate of drug-likeness (QED) is 0.853. The van der Waals surface area contributed by atoms with Gasteiger partial charge in [0, 0.05) is 24.8 Å². The Hall–Kier alpha value is -2.27. The van der Waals surface area contributed by atoms with Crippen molar-refractivity contribution >= 4 is 34.6 Å². The number of nitrogens with one attached hydrogen (secondary N) is 1. The molecule has 2 aromatic carbocycles. The Kier molecular flexibility index (Phi) is 4.33. The second-order valence-electron chi connectivity index (χ2n) is 4.75. The Morgan fingerprint density at radius 2 is 1.90 bits per heavy atom. The van der Waals surface area contributed by atoms with Crippen LogP contribution in [0.1, 0.15) is 10.4 Å². The van der Waals surface area contributed by atoms with Gasteiger partial charge in [0.25, 0.3) is 5.91 Å². The molecule has 0 unspecified atom stereocenters. The van der Waals surface area contributed by atoms with Crippen LogP contribution in [0.2, 0.25) is 5.02 Å². The maximum Gasteiger partial charge on any atom is 0.255 e. The van der Waals surface area contributed by atoms with E-state index >= 15 is 0 Å². The zero-order valence-electron chi connectivity index (χ0n) is 11.7. The summed E-state index contributed by atoms with van der Waals surface area (Å²) in [4.78, 5) is 13.6. The fourth-order valence-corrected chi connectivity index (χ4v) is 1.99. The minimum absolute atomic E-state index is 0.202. The van der Waals surface area contributed by atoms with Crippen molar-refractivity contribution in [2.24, 2.45) is 0 Å². The molecule has 2 aromatic rings. The zero-order chi connectivity index (χ0) is 15.6. The van der Waals surface area contributed by atoms with E-state index in [0.717, 1.165) is 0 Å². The van der Waals surface area contributed by atoms with Crippen molar-refractivity contribution < 1.29 is 9.18 Å². The second-order valence-corrected chi connectivity index (χ2v) is 5.19. The van der Waals surface area contributed by atoms with Crippen LogP contribution < -0.4 is 11.1 Å². The number of rotatable bonds is 3. The summed E-state index contributed by atoms with van der Waals surface area (Å²) in [6.45, 7) is 0. The number of nitrogens with zero attached hydrogens (tertiary/aromatic N) is 1. The third-order valence-electron chi connectivity index (χ3n) is 2.88. The monoisotopic (exact) mass is 307 g/mol. The van der Waals surface area contributed by atoms with Gasteiger partial charge in [0.05, 0.1) is 16.9 Å². The number of carbonyl (C=O) groups excluding carboxylic acids is 1. The van der Waals surface area contributed by atoms with Crippen molar-refractivity contribution in [3.8, 4) is 0 Å². The molecule has 1 amide bonds. The highest BCUT2D eigenvalue weighted by Crippen LogP contribution is 2.27. The molecule has 4 nitrogen and oxygen atoms in total. The van der Waals surface area contributed by atoms with Crippen molar-refractivity contribution in [3.05, 3.63) is 52.8 Å². The summed E-state index contributed by atoms with van der Waals surface area (Å²) < 4.78 is 13.9. The van der Waals surface area contributed by atoms with Crippen LogP contribution in [0.25, 0.3) is 0 Å². The van der Waals surface area contributed by atoms with Crippen LogP contribution >= 0.6 is 11.6 Å². The molecule has 0 bridgehead atoms. The zero-order valence-corrected chi connectivity index (χ0v) is 12.4. The van der Waals surface area contributed by atoms with Gasteiger partial charge in [-0.25, -0.2) is 4.39 Å². The lowest BCUT2D eigenvalue weighted by atomic mass is 10.1. The number of hydrogen-bond donors (Lipinski definition) is 2. The van der Waals surface area contributed by atoms with E-state index in [1.807, 2.05) is 0 Å². The first kappa shape index (κ1) is 15.1. The summed E-state index contributed by atoms with van der Waals surface area (Å²) in [7, 11) is 3.29. The van der Waals surface area contributed by atoms with Gasteiger partial charge < -0.3 is 16.0 Å². The lowest BCUT2D eigenvalue weighted by Crippen LogP contribution is -2.22. The van der Waals surface area contributed by atoms with E-state index in [9.17, 15) is 9.18 Å². The van der Waals surface area contributed by atoms with Gasteiger partial charge in [-0.1, -0.05) is 11.6 Å². The van der Waals surface area contributed by atoms with Crippen molar-refractivity contribution in [2.75, 3.05) is 25.1 Å². The van der Waals surface area contributed by atoms with Crippen LogP contribution in [0.5, 0.6) is 0 Å². The molecule has 0 aromatic heterocycles. The highest BCUT2D eigenvalue weighted by molar-refractivity contribution is 6.30. The molecule has 0 spiro atoms. The molecule has 3 N–H and O–H groups in total. The average molecular weight is 308 g/mol. The van der Waals surface area contributed by atoms with Crippen molar-refractivity contribution in [3.63, 3.8) is 0 Å². The molecule has 0 radical (unpaired) electrons. The largest absolute Gasteiger partial charge is 0.399 e. The molecule has 6 heteroatoms. The summed E-state index contributed by atoms with van der Waals surface area (Å²) in [5, 5.41) is 3.18. The Balaban J connectivity index is 2.43. The molecule has 0 aliphatic rings. The van der Waals surface area contributed by atoms with Gasteiger partial charge in [0.15, 0.2) is 0 Å². The van der Waals surface area contributed by atoms with E-state index in [1.165, 1.54) is 17.0 Å². The molecule has 0 saturated heterocycles. The fraction of sp³-hybridized carbons (Fsp3) is 0.133. The van der Waals surface area contributed by atoms with Gasteiger partial charge in [-0.05, 0) is 36.4 Å². The van der Waals surface area contributed by atoms with E-state index < -0.39 is 5.82 Å². The number of benzene rings is 2. The van der Waals surface area contributed by atoms with Crippen LogP contribution in [-0.2, 0) is 0 Å². The summed E-state index contributed by atoms with van der Waals surface area (Å²) in [6, 6.07) is 9.08. The highest BCUT2D eigenvalue weighted by Gasteiger charge is 2.15. The van der Waals surface area contributed by atoms with Crippen molar-refractivity contribution in [1.82, 2.24) is 4.90 Å². The third-order valence-corrected chi connectivity index (χ3v) is 3.12. The first-order valence-electron chi connectivity index (χ1n) is 6.21. The van der Waals surface area contributed by atoms with Gasteiger partial charge in [-0.2, -0.15) is 0 Å². The summed E-state index contributed by atoms with van der Waals surface area (Å²) >= 11 is 5.72. The van der Waals surface area contributed by atoms with Crippen LogP contribution in [0.4, 0.5) is 21.5 Å². The number of carbonyl (C=O) groups is 1. The molecule has 0 aliphatic heterocycles. The minimum atomic E-state index is -0.506. The molecule has 21 heavy (non-hydrogen) atoms. The molecule has 0 heterocycles. The summed E-state index contributed by atoms with van der Waals surface area (Å²) in [5.74, 6) is -0.708. The molecule has 2 rings (SSSR count). The van der Waals surface area contributed by atoms with E-state index in [1.54, 1.807) is 38.4 Å². The highest BCUT2D eigenvalue weighted by atomic mass is 35.5. The fourth-order valence-electron chi connectivity index (χ4n) is 1.83. The topological polar surface area (TPSA) is 58.4 Å². The van der Waals surface area contributed by atoms with Crippen molar-refractivity contribution in [2.45, 2.75) is 0 Å². The average Bonchev–Trinajstić information content (AvgIpc) is 2.41. The lowest BCUT2D eigenvalue weighted by molar-refractivity contribution is 0.0828. The Bertz CT molecular complexity index is 689. The summed E-state index contributed by atoms with van der Waals surface area (Å²) in [5.41, 5.74) is 7.28. The van der Waals surface area contributed by atoms with E-state index in [2.05, 4.69) is 5.32 Å². The predicted octanol–water partition coefficient (Wildman–Crippen LogP) is 3.51.